The molecule has 0 spiro atoms. The van der Waals surface area contributed by atoms with Gasteiger partial charge >= 0.3 is 0 Å². The Labute approximate surface area is 186 Å². The van der Waals surface area contributed by atoms with Crippen LogP contribution in [0.1, 0.15) is 31.8 Å². The minimum absolute atomic E-state index is 0.163. The summed E-state index contributed by atoms with van der Waals surface area (Å²) < 4.78 is 0.947. The highest BCUT2D eigenvalue weighted by molar-refractivity contribution is 7.21. The molecule has 2 aromatic carbocycles. The fraction of sp³-hybridized carbons (Fsp3) is 0.0455. The molecule has 5 nitrogen and oxygen atoms in total. The second-order valence-corrected chi connectivity index (χ2v) is 8.77. The predicted octanol–water partition coefficient (Wildman–Crippen LogP) is 6.02. The average Bonchev–Trinajstić information content (AvgIpc) is 3.41. The molecule has 0 fully saturated rings. The molecule has 0 bridgehead atoms. The fourth-order valence-corrected chi connectivity index (χ4v) is 4.86. The molecule has 0 aliphatic carbocycles. The lowest BCUT2D eigenvalue weighted by atomic mass is 10.1. The van der Waals surface area contributed by atoms with E-state index in [1.807, 2.05) is 53.9 Å². The number of hydrogen-bond donors (Lipinski definition) is 2. The van der Waals surface area contributed by atoms with Crippen LogP contribution in [0.15, 0.2) is 71.1 Å². The van der Waals surface area contributed by atoms with Crippen LogP contribution in [-0.2, 0) is 0 Å². The van der Waals surface area contributed by atoms with Crippen molar-refractivity contribution in [3.63, 3.8) is 0 Å². The van der Waals surface area contributed by atoms with Gasteiger partial charge in [-0.25, -0.2) is 5.43 Å². The summed E-state index contributed by atoms with van der Waals surface area (Å²) in [5, 5.41) is 10.2. The first-order valence-corrected chi connectivity index (χ1v) is 11.1. The molecule has 2 heterocycles. The zero-order chi connectivity index (χ0) is 21.1. The molecule has 0 atom stereocenters. The fourth-order valence-electron chi connectivity index (χ4n) is 2.83. The number of fused-ring (bicyclic) bond motifs is 1. The van der Waals surface area contributed by atoms with Gasteiger partial charge in [-0.05, 0) is 42.1 Å². The number of hydrazone groups is 1. The van der Waals surface area contributed by atoms with E-state index >= 15 is 0 Å². The van der Waals surface area contributed by atoms with E-state index in [2.05, 4.69) is 15.8 Å². The van der Waals surface area contributed by atoms with Crippen LogP contribution in [0, 0.1) is 0 Å². The maximum atomic E-state index is 12.6. The van der Waals surface area contributed by atoms with Gasteiger partial charge in [-0.3, -0.25) is 9.59 Å². The number of anilines is 1. The van der Waals surface area contributed by atoms with E-state index < -0.39 is 0 Å². The first-order valence-electron chi connectivity index (χ1n) is 9.00. The average molecular weight is 454 g/mol. The van der Waals surface area contributed by atoms with Crippen molar-refractivity contribution >= 4 is 67.6 Å². The Morgan fingerprint density at radius 1 is 1.00 bits per heavy atom. The zero-order valence-corrected chi connectivity index (χ0v) is 18.2. The topological polar surface area (TPSA) is 70.6 Å². The van der Waals surface area contributed by atoms with E-state index in [9.17, 15) is 9.59 Å². The Morgan fingerprint density at radius 3 is 2.60 bits per heavy atom. The number of carbonyl (C=O) groups excluding carboxylic acids is 2. The van der Waals surface area contributed by atoms with Gasteiger partial charge in [0.25, 0.3) is 11.8 Å². The van der Waals surface area contributed by atoms with Gasteiger partial charge < -0.3 is 5.32 Å². The first kappa shape index (κ1) is 20.3. The van der Waals surface area contributed by atoms with Gasteiger partial charge in [0, 0.05) is 15.8 Å². The van der Waals surface area contributed by atoms with E-state index in [1.54, 1.807) is 19.1 Å². The number of nitrogens with one attached hydrogen (secondary N) is 2. The summed E-state index contributed by atoms with van der Waals surface area (Å²) in [6.45, 7) is 1.78. The van der Waals surface area contributed by atoms with Crippen molar-refractivity contribution in [3.05, 3.63) is 86.4 Å². The van der Waals surface area contributed by atoms with Gasteiger partial charge in [0.1, 0.15) is 4.88 Å². The number of halogens is 1. The zero-order valence-electron chi connectivity index (χ0n) is 15.8. The van der Waals surface area contributed by atoms with E-state index in [4.69, 9.17) is 11.6 Å². The molecule has 2 aromatic heterocycles. The molecule has 0 saturated heterocycles. The molecule has 4 rings (SSSR count). The highest BCUT2D eigenvalue weighted by Gasteiger charge is 2.16. The number of thiophene rings is 2. The lowest BCUT2D eigenvalue weighted by Crippen LogP contribution is -2.18. The van der Waals surface area contributed by atoms with Crippen molar-refractivity contribution in [1.29, 1.82) is 0 Å². The molecule has 8 heteroatoms. The van der Waals surface area contributed by atoms with Crippen molar-refractivity contribution in [3.8, 4) is 0 Å². The maximum Gasteiger partial charge on any atom is 0.283 e. The lowest BCUT2D eigenvalue weighted by Gasteiger charge is -2.07. The van der Waals surface area contributed by atoms with Gasteiger partial charge in [-0.2, -0.15) is 5.10 Å². The van der Waals surface area contributed by atoms with E-state index in [0.717, 1.165) is 15.6 Å². The molecule has 0 saturated carbocycles. The van der Waals surface area contributed by atoms with Crippen LogP contribution in [-0.4, -0.2) is 17.5 Å². The molecule has 0 aliphatic rings. The van der Waals surface area contributed by atoms with E-state index in [1.165, 1.54) is 22.7 Å². The molecule has 30 heavy (non-hydrogen) atoms. The third kappa shape index (κ3) is 4.28. The van der Waals surface area contributed by atoms with E-state index in [0.29, 0.717) is 26.2 Å². The van der Waals surface area contributed by atoms with Crippen LogP contribution in [0.4, 0.5) is 5.69 Å². The summed E-state index contributed by atoms with van der Waals surface area (Å²) in [6, 6.07) is 18.5. The maximum absolute atomic E-state index is 12.6. The Kier molecular flexibility index (Phi) is 5.94. The third-order valence-electron chi connectivity index (χ3n) is 4.35. The third-order valence-corrected chi connectivity index (χ3v) is 6.89. The van der Waals surface area contributed by atoms with Gasteiger partial charge in [0.05, 0.1) is 15.6 Å². The van der Waals surface area contributed by atoms with Crippen molar-refractivity contribution in [2.75, 3.05) is 5.32 Å². The second-order valence-electron chi connectivity index (χ2n) is 6.39. The minimum Gasteiger partial charge on any atom is -0.321 e. The highest BCUT2D eigenvalue weighted by Crippen LogP contribution is 2.34. The van der Waals surface area contributed by atoms with Crippen molar-refractivity contribution in [1.82, 2.24) is 5.43 Å². The number of hydrogen-bond acceptors (Lipinski definition) is 5. The smallest absolute Gasteiger partial charge is 0.283 e. The Balaban J connectivity index is 1.48. The molecular formula is C22H16ClN3O2S2. The Morgan fingerprint density at radius 2 is 1.83 bits per heavy atom. The molecule has 2 amide bonds. The van der Waals surface area contributed by atoms with Crippen LogP contribution in [0.3, 0.4) is 0 Å². The summed E-state index contributed by atoms with van der Waals surface area (Å²) in [5.41, 5.74) is 4.61. The van der Waals surface area contributed by atoms with Gasteiger partial charge in [0.2, 0.25) is 0 Å². The first-order chi connectivity index (χ1) is 14.5. The van der Waals surface area contributed by atoms with Crippen LogP contribution < -0.4 is 10.7 Å². The van der Waals surface area contributed by atoms with Gasteiger partial charge in [0.15, 0.2) is 0 Å². The normalized spacial score (nSPS) is 11.5. The van der Waals surface area contributed by atoms with Crippen molar-refractivity contribution in [2.24, 2.45) is 5.10 Å². The van der Waals surface area contributed by atoms with E-state index in [-0.39, 0.29) is 11.8 Å². The molecule has 4 aromatic rings. The number of carbonyl (C=O) groups is 2. The van der Waals surface area contributed by atoms with Crippen LogP contribution in [0.5, 0.6) is 0 Å². The molecule has 150 valence electrons. The number of nitrogens with zero attached hydrogens (tertiary/aromatic N) is 1. The number of amides is 2. The summed E-state index contributed by atoms with van der Waals surface area (Å²) >= 11 is 9.06. The lowest BCUT2D eigenvalue weighted by molar-refractivity contribution is 0.0958. The quantitative estimate of drug-likeness (QED) is 0.286. The molecule has 0 aliphatic heterocycles. The number of benzene rings is 2. The van der Waals surface area contributed by atoms with Crippen LogP contribution in [0.2, 0.25) is 5.02 Å². The monoisotopic (exact) mass is 453 g/mol. The molecule has 2 N–H and O–H groups in total. The Bertz CT molecular complexity index is 1260. The number of rotatable bonds is 5. The summed E-state index contributed by atoms with van der Waals surface area (Å²) in [7, 11) is 0. The molecule has 0 unspecified atom stereocenters. The van der Waals surface area contributed by atoms with Crippen LogP contribution in [0.25, 0.3) is 10.1 Å². The largest absolute Gasteiger partial charge is 0.321 e. The molecular weight excluding hydrogens is 438 g/mol. The predicted molar refractivity (Wildman–Crippen MR) is 125 cm³/mol. The summed E-state index contributed by atoms with van der Waals surface area (Å²) in [4.78, 5) is 25.9. The van der Waals surface area contributed by atoms with Crippen LogP contribution >= 0.6 is 34.3 Å². The van der Waals surface area contributed by atoms with Gasteiger partial charge in [-0.1, -0.05) is 48.0 Å². The summed E-state index contributed by atoms with van der Waals surface area (Å²) in [5.74, 6) is -0.521. The second kappa shape index (κ2) is 8.79. The van der Waals surface area contributed by atoms with Crippen molar-refractivity contribution < 1.29 is 9.59 Å². The minimum atomic E-state index is -0.359. The SMILES string of the molecule is CC(=NNC(=O)c1sc2ccccc2c1Cl)c1cccc(NC(=O)c2cccs2)c1. The summed E-state index contributed by atoms with van der Waals surface area (Å²) in [6.07, 6.45) is 0. The molecule has 0 radical (unpaired) electrons. The van der Waals surface area contributed by atoms with Crippen molar-refractivity contribution in [2.45, 2.75) is 6.92 Å². The van der Waals surface area contributed by atoms with Gasteiger partial charge in [-0.15, -0.1) is 22.7 Å². The highest BCUT2D eigenvalue weighted by atomic mass is 35.5. The standard InChI is InChI=1S/C22H16ClN3O2S2/c1-13(14-6-4-7-15(12-14)24-21(27)18-10-5-11-29-18)25-26-22(28)20-19(23)16-8-2-3-9-17(16)30-20/h2-12H,1H3,(H,24,27)(H,26,28). The Hall–Kier alpha value is -3.00.